The molecule has 0 aliphatic carbocycles. The molecule has 1 heterocycles. The first-order valence-corrected chi connectivity index (χ1v) is 8.91. The van der Waals surface area contributed by atoms with Gasteiger partial charge in [-0.15, -0.1) is 0 Å². The van der Waals surface area contributed by atoms with E-state index in [2.05, 4.69) is 34.5 Å². The molecule has 0 saturated carbocycles. The van der Waals surface area contributed by atoms with E-state index in [1.807, 2.05) is 31.2 Å². The molecule has 3 heteroatoms. The third kappa shape index (κ3) is 4.38. The van der Waals surface area contributed by atoms with E-state index in [1.54, 1.807) is 0 Å². The maximum Gasteiger partial charge on any atom is 0.251 e. The fourth-order valence-electron chi connectivity index (χ4n) is 3.23. The minimum absolute atomic E-state index is 0.0167. The monoisotopic (exact) mass is 322 g/mol. The number of anilines is 1. The van der Waals surface area contributed by atoms with Gasteiger partial charge in [-0.25, -0.2) is 0 Å². The van der Waals surface area contributed by atoms with Crippen molar-refractivity contribution in [2.45, 2.75) is 32.6 Å². The van der Waals surface area contributed by atoms with Crippen molar-refractivity contribution in [2.75, 3.05) is 24.5 Å². The molecule has 3 rings (SSSR count). The van der Waals surface area contributed by atoms with Crippen LogP contribution >= 0.6 is 0 Å². The lowest BCUT2D eigenvalue weighted by molar-refractivity contribution is 0.0953. The number of amides is 1. The molecule has 0 unspecified atom stereocenters. The first-order valence-electron chi connectivity index (χ1n) is 8.91. The van der Waals surface area contributed by atoms with Gasteiger partial charge in [0.05, 0.1) is 0 Å². The second kappa shape index (κ2) is 8.00. The molecule has 0 spiro atoms. The van der Waals surface area contributed by atoms with E-state index in [1.165, 1.54) is 37.2 Å². The Morgan fingerprint density at radius 2 is 1.83 bits per heavy atom. The van der Waals surface area contributed by atoms with Gasteiger partial charge in [0.15, 0.2) is 0 Å². The lowest BCUT2D eigenvalue weighted by atomic mass is 10.1. The smallest absolute Gasteiger partial charge is 0.251 e. The number of carbonyl (C=O) groups excluding carboxylic acids is 1. The van der Waals surface area contributed by atoms with Crippen LogP contribution in [0.4, 0.5) is 5.69 Å². The maximum absolute atomic E-state index is 12.1. The van der Waals surface area contributed by atoms with Gasteiger partial charge in [0.2, 0.25) is 0 Å². The van der Waals surface area contributed by atoms with Gasteiger partial charge in [-0.3, -0.25) is 4.79 Å². The predicted molar refractivity (Wildman–Crippen MR) is 99.7 cm³/mol. The molecule has 1 saturated heterocycles. The molecule has 24 heavy (non-hydrogen) atoms. The minimum Gasteiger partial charge on any atom is -0.372 e. The zero-order chi connectivity index (χ0) is 16.8. The highest BCUT2D eigenvalue weighted by Crippen LogP contribution is 2.20. The zero-order valence-corrected chi connectivity index (χ0v) is 14.4. The van der Waals surface area contributed by atoms with Crippen molar-refractivity contribution in [3.8, 4) is 0 Å². The summed E-state index contributed by atoms with van der Waals surface area (Å²) in [7, 11) is 0. The first kappa shape index (κ1) is 16.6. The summed E-state index contributed by atoms with van der Waals surface area (Å²) >= 11 is 0. The van der Waals surface area contributed by atoms with Crippen molar-refractivity contribution in [1.82, 2.24) is 5.32 Å². The van der Waals surface area contributed by atoms with Gasteiger partial charge in [-0.05, 0) is 62.4 Å². The Labute approximate surface area is 144 Å². The highest BCUT2D eigenvalue weighted by molar-refractivity contribution is 5.94. The average Bonchev–Trinajstić information content (AvgIpc) is 3.14. The van der Waals surface area contributed by atoms with Crippen LogP contribution in [0.1, 0.15) is 40.7 Å². The van der Waals surface area contributed by atoms with E-state index in [0.717, 1.165) is 24.0 Å². The van der Waals surface area contributed by atoms with Crippen LogP contribution in [-0.2, 0) is 6.42 Å². The molecule has 1 N–H and O–H groups in total. The Hall–Kier alpha value is -2.29. The summed E-state index contributed by atoms with van der Waals surface area (Å²) in [4.78, 5) is 14.5. The Kier molecular flexibility index (Phi) is 5.52. The van der Waals surface area contributed by atoms with Crippen molar-refractivity contribution in [3.63, 3.8) is 0 Å². The standard InChI is InChI=1S/C21H26N2O/c1-17-6-4-8-19(16-17)21(24)22-13-5-7-18-9-11-20(12-10-18)23-14-2-3-15-23/h4,6,8-12,16H,2-3,5,7,13-15H2,1H3,(H,22,24). The van der Waals surface area contributed by atoms with Gasteiger partial charge in [0, 0.05) is 30.9 Å². The van der Waals surface area contributed by atoms with E-state index >= 15 is 0 Å². The van der Waals surface area contributed by atoms with E-state index in [-0.39, 0.29) is 5.91 Å². The van der Waals surface area contributed by atoms with E-state index < -0.39 is 0 Å². The molecule has 0 bridgehead atoms. The van der Waals surface area contributed by atoms with Crippen LogP contribution in [-0.4, -0.2) is 25.5 Å². The van der Waals surface area contributed by atoms with E-state index in [0.29, 0.717) is 6.54 Å². The molecule has 1 fully saturated rings. The Morgan fingerprint density at radius 1 is 1.08 bits per heavy atom. The van der Waals surface area contributed by atoms with Gasteiger partial charge in [0.1, 0.15) is 0 Å². The Morgan fingerprint density at radius 3 is 2.54 bits per heavy atom. The molecule has 2 aromatic rings. The van der Waals surface area contributed by atoms with Crippen molar-refractivity contribution < 1.29 is 4.79 Å². The van der Waals surface area contributed by atoms with Crippen LogP contribution in [0.2, 0.25) is 0 Å². The molecule has 0 radical (unpaired) electrons. The summed E-state index contributed by atoms with van der Waals surface area (Å²) in [5.41, 5.74) is 4.53. The number of rotatable bonds is 6. The Bertz CT molecular complexity index is 672. The average molecular weight is 322 g/mol. The number of nitrogens with one attached hydrogen (secondary N) is 1. The number of hydrogen-bond acceptors (Lipinski definition) is 2. The fourth-order valence-corrected chi connectivity index (χ4v) is 3.23. The summed E-state index contributed by atoms with van der Waals surface area (Å²) in [6.45, 7) is 5.08. The topological polar surface area (TPSA) is 32.3 Å². The van der Waals surface area contributed by atoms with E-state index in [4.69, 9.17) is 0 Å². The maximum atomic E-state index is 12.1. The third-order valence-electron chi connectivity index (χ3n) is 4.62. The fraction of sp³-hybridized carbons (Fsp3) is 0.381. The molecule has 0 aromatic heterocycles. The zero-order valence-electron chi connectivity index (χ0n) is 14.4. The SMILES string of the molecule is Cc1cccc(C(=O)NCCCc2ccc(N3CCCC3)cc2)c1. The van der Waals surface area contributed by atoms with Gasteiger partial charge >= 0.3 is 0 Å². The van der Waals surface area contributed by atoms with Gasteiger partial charge in [-0.2, -0.15) is 0 Å². The van der Waals surface area contributed by atoms with Crippen molar-refractivity contribution in [1.29, 1.82) is 0 Å². The molecule has 3 nitrogen and oxygen atoms in total. The third-order valence-corrected chi connectivity index (χ3v) is 4.62. The predicted octanol–water partition coefficient (Wildman–Crippen LogP) is 3.96. The summed E-state index contributed by atoms with van der Waals surface area (Å²) < 4.78 is 0. The van der Waals surface area contributed by atoms with E-state index in [9.17, 15) is 4.79 Å². The van der Waals surface area contributed by atoms with Crippen LogP contribution < -0.4 is 10.2 Å². The van der Waals surface area contributed by atoms with Crippen LogP contribution in [0.5, 0.6) is 0 Å². The van der Waals surface area contributed by atoms with Crippen LogP contribution in [0.3, 0.4) is 0 Å². The normalized spacial score (nSPS) is 14.0. The van der Waals surface area contributed by atoms with Crippen LogP contribution in [0.25, 0.3) is 0 Å². The lowest BCUT2D eigenvalue weighted by Crippen LogP contribution is -2.24. The lowest BCUT2D eigenvalue weighted by Gasteiger charge is -2.17. The van der Waals surface area contributed by atoms with Crippen molar-refractivity contribution in [3.05, 3.63) is 65.2 Å². The van der Waals surface area contributed by atoms with Gasteiger partial charge in [0.25, 0.3) is 5.91 Å². The second-order valence-electron chi connectivity index (χ2n) is 6.59. The molecule has 1 aliphatic heterocycles. The summed E-state index contributed by atoms with van der Waals surface area (Å²) in [5, 5.41) is 3.01. The number of carbonyl (C=O) groups is 1. The molecular weight excluding hydrogens is 296 g/mol. The molecule has 126 valence electrons. The number of benzene rings is 2. The van der Waals surface area contributed by atoms with Gasteiger partial charge in [-0.1, -0.05) is 29.8 Å². The summed E-state index contributed by atoms with van der Waals surface area (Å²) in [5.74, 6) is 0.0167. The number of hydrogen-bond donors (Lipinski definition) is 1. The Balaban J connectivity index is 1.42. The molecule has 0 atom stereocenters. The van der Waals surface area contributed by atoms with Crippen LogP contribution in [0, 0.1) is 6.92 Å². The molecule has 1 aliphatic rings. The number of nitrogens with zero attached hydrogens (tertiary/aromatic N) is 1. The summed E-state index contributed by atoms with van der Waals surface area (Å²) in [6, 6.07) is 16.6. The molecule has 1 amide bonds. The van der Waals surface area contributed by atoms with Gasteiger partial charge < -0.3 is 10.2 Å². The second-order valence-corrected chi connectivity index (χ2v) is 6.59. The highest BCUT2D eigenvalue weighted by atomic mass is 16.1. The largest absolute Gasteiger partial charge is 0.372 e. The molecular formula is C21H26N2O. The first-order chi connectivity index (χ1) is 11.7. The summed E-state index contributed by atoms with van der Waals surface area (Å²) in [6.07, 6.45) is 4.57. The van der Waals surface area contributed by atoms with Crippen molar-refractivity contribution >= 4 is 11.6 Å². The van der Waals surface area contributed by atoms with Crippen molar-refractivity contribution in [2.24, 2.45) is 0 Å². The quantitative estimate of drug-likeness (QED) is 0.817. The van der Waals surface area contributed by atoms with Crippen LogP contribution in [0.15, 0.2) is 48.5 Å². The number of aryl methyl sites for hydroxylation is 2. The minimum atomic E-state index is 0.0167. The highest BCUT2D eigenvalue weighted by Gasteiger charge is 2.11. The molecule has 2 aromatic carbocycles.